The molecule has 154 valence electrons. The van der Waals surface area contributed by atoms with Crippen LogP contribution in [0.4, 0.5) is 13.2 Å². The molecule has 1 heterocycles. The SMILES string of the molecule is CN=C(NCc1cnn(C)c1)NCc1ccc(OC(C)(C)C)cc1C(F)(F)F. The second-order valence-electron chi connectivity index (χ2n) is 7.33. The molecule has 0 radical (unpaired) electrons. The summed E-state index contributed by atoms with van der Waals surface area (Å²) in [6, 6.07) is 4.00. The largest absolute Gasteiger partial charge is 0.488 e. The van der Waals surface area contributed by atoms with E-state index in [0.717, 1.165) is 11.6 Å². The van der Waals surface area contributed by atoms with E-state index in [2.05, 4.69) is 20.7 Å². The van der Waals surface area contributed by atoms with Gasteiger partial charge in [-0.25, -0.2) is 0 Å². The van der Waals surface area contributed by atoms with Crippen LogP contribution in [0.3, 0.4) is 0 Å². The van der Waals surface area contributed by atoms with E-state index in [1.54, 1.807) is 44.8 Å². The summed E-state index contributed by atoms with van der Waals surface area (Å²) in [5.74, 6) is 0.578. The molecule has 2 N–H and O–H groups in total. The highest BCUT2D eigenvalue weighted by molar-refractivity contribution is 5.79. The molecule has 1 aromatic carbocycles. The summed E-state index contributed by atoms with van der Waals surface area (Å²) < 4.78 is 47.7. The maximum absolute atomic E-state index is 13.5. The lowest BCUT2D eigenvalue weighted by atomic mass is 10.1. The molecule has 0 aliphatic heterocycles. The molecule has 0 aliphatic rings. The molecule has 1 aromatic heterocycles. The number of nitrogens with zero attached hydrogens (tertiary/aromatic N) is 3. The van der Waals surface area contributed by atoms with E-state index < -0.39 is 17.3 Å². The van der Waals surface area contributed by atoms with Gasteiger partial charge in [-0.3, -0.25) is 9.67 Å². The Kier molecular flexibility index (Phi) is 6.58. The number of hydrogen-bond acceptors (Lipinski definition) is 3. The second-order valence-corrected chi connectivity index (χ2v) is 7.33. The normalized spacial score (nSPS) is 12.8. The highest BCUT2D eigenvalue weighted by atomic mass is 19.4. The van der Waals surface area contributed by atoms with Crippen molar-refractivity contribution in [2.75, 3.05) is 7.05 Å². The maximum atomic E-state index is 13.5. The average Bonchev–Trinajstić information content (AvgIpc) is 2.99. The predicted molar refractivity (Wildman–Crippen MR) is 102 cm³/mol. The van der Waals surface area contributed by atoms with Gasteiger partial charge in [0.1, 0.15) is 11.4 Å². The van der Waals surface area contributed by atoms with Gasteiger partial charge in [0, 0.05) is 38.9 Å². The number of alkyl halides is 3. The topological polar surface area (TPSA) is 63.5 Å². The number of hydrogen-bond donors (Lipinski definition) is 2. The lowest BCUT2D eigenvalue weighted by molar-refractivity contribution is -0.138. The first-order valence-electron chi connectivity index (χ1n) is 8.79. The fourth-order valence-corrected chi connectivity index (χ4v) is 2.54. The van der Waals surface area contributed by atoms with Crippen LogP contribution < -0.4 is 15.4 Å². The van der Waals surface area contributed by atoms with Crippen molar-refractivity contribution >= 4 is 5.96 Å². The summed E-state index contributed by atoms with van der Waals surface area (Å²) in [5, 5.41) is 10.0. The Balaban J connectivity index is 2.08. The molecule has 0 unspecified atom stereocenters. The number of nitrogens with one attached hydrogen (secondary N) is 2. The Morgan fingerprint density at radius 2 is 1.86 bits per heavy atom. The molecule has 0 fully saturated rings. The highest BCUT2D eigenvalue weighted by Crippen LogP contribution is 2.35. The van der Waals surface area contributed by atoms with Gasteiger partial charge >= 0.3 is 6.18 Å². The molecule has 0 amide bonds. The van der Waals surface area contributed by atoms with Crippen LogP contribution in [0, 0.1) is 0 Å². The molecule has 2 aromatic rings. The number of rotatable bonds is 5. The van der Waals surface area contributed by atoms with Crippen molar-refractivity contribution in [3.8, 4) is 5.75 Å². The van der Waals surface area contributed by atoms with Gasteiger partial charge in [0.2, 0.25) is 0 Å². The highest BCUT2D eigenvalue weighted by Gasteiger charge is 2.34. The van der Waals surface area contributed by atoms with E-state index in [0.29, 0.717) is 12.5 Å². The van der Waals surface area contributed by atoms with Crippen LogP contribution in [0.25, 0.3) is 0 Å². The van der Waals surface area contributed by atoms with Crippen molar-refractivity contribution in [3.63, 3.8) is 0 Å². The third kappa shape index (κ3) is 6.47. The molecule has 0 aliphatic carbocycles. The van der Waals surface area contributed by atoms with E-state index in [4.69, 9.17) is 4.74 Å². The number of halogens is 3. The van der Waals surface area contributed by atoms with E-state index in [9.17, 15) is 13.2 Å². The fraction of sp³-hybridized carbons (Fsp3) is 0.474. The lowest BCUT2D eigenvalue weighted by Gasteiger charge is -2.23. The van der Waals surface area contributed by atoms with E-state index in [-0.39, 0.29) is 17.9 Å². The zero-order valence-electron chi connectivity index (χ0n) is 16.7. The van der Waals surface area contributed by atoms with Crippen LogP contribution in [-0.2, 0) is 26.3 Å². The molecule has 0 spiro atoms. The molecular formula is C19H26F3N5O. The zero-order chi connectivity index (χ0) is 20.9. The van der Waals surface area contributed by atoms with Crippen molar-refractivity contribution in [1.82, 2.24) is 20.4 Å². The monoisotopic (exact) mass is 397 g/mol. The van der Waals surface area contributed by atoms with Crippen LogP contribution in [0.5, 0.6) is 5.75 Å². The Bertz CT molecular complexity index is 822. The van der Waals surface area contributed by atoms with E-state index in [1.165, 1.54) is 6.07 Å². The van der Waals surface area contributed by atoms with Crippen molar-refractivity contribution in [3.05, 3.63) is 47.3 Å². The molecule has 0 saturated heterocycles. The number of ether oxygens (including phenoxy) is 1. The van der Waals surface area contributed by atoms with Gasteiger partial charge in [-0.1, -0.05) is 6.07 Å². The summed E-state index contributed by atoms with van der Waals surface area (Å²) in [6.07, 6.45) is -0.938. The third-order valence-corrected chi connectivity index (χ3v) is 3.70. The number of benzene rings is 1. The van der Waals surface area contributed by atoms with E-state index in [1.807, 2.05) is 13.2 Å². The van der Waals surface area contributed by atoms with Gasteiger partial charge in [-0.15, -0.1) is 0 Å². The number of aliphatic imine (C=N–C) groups is 1. The number of aryl methyl sites for hydroxylation is 1. The Morgan fingerprint density at radius 3 is 2.39 bits per heavy atom. The van der Waals surface area contributed by atoms with Crippen molar-refractivity contribution < 1.29 is 17.9 Å². The van der Waals surface area contributed by atoms with Crippen LogP contribution in [-0.4, -0.2) is 28.4 Å². The molecule has 0 atom stereocenters. The molecule has 0 saturated carbocycles. The van der Waals surface area contributed by atoms with Crippen molar-refractivity contribution in [2.24, 2.45) is 12.0 Å². The average molecular weight is 397 g/mol. The van der Waals surface area contributed by atoms with Gasteiger partial charge in [-0.2, -0.15) is 18.3 Å². The second kappa shape index (κ2) is 8.53. The molecule has 9 heteroatoms. The van der Waals surface area contributed by atoms with E-state index >= 15 is 0 Å². The first-order chi connectivity index (χ1) is 13.0. The molecule has 28 heavy (non-hydrogen) atoms. The van der Waals surface area contributed by atoms with Gasteiger partial charge in [0.15, 0.2) is 5.96 Å². The maximum Gasteiger partial charge on any atom is 0.416 e. The third-order valence-electron chi connectivity index (χ3n) is 3.70. The van der Waals surface area contributed by atoms with Crippen LogP contribution in [0.15, 0.2) is 35.6 Å². The predicted octanol–water partition coefficient (Wildman–Crippen LogP) is 3.48. The minimum atomic E-state index is -4.49. The van der Waals surface area contributed by atoms with Gasteiger partial charge in [0.05, 0.1) is 11.8 Å². The van der Waals surface area contributed by atoms with Crippen molar-refractivity contribution in [2.45, 2.75) is 45.6 Å². The standard InChI is InChI=1S/C19H26F3N5O/c1-18(2,3)28-15-7-6-14(16(8-15)19(20,21)22)11-25-17(23-4)24-9-13-10-26-27(5)12-13/h6-8,10,12H,9,11H2,1-5H3,(H2,23,24,25). The van der Waals surface area contributed by atoms with Crippen molar-refractivity contribution in [1.29, 1.82) is 0 Å². The molecule has 2 rings (SSSR count). The van der Waals surface area contributed by atoms with Crippen LogP contribution >= 0.6 is 0 Å². The Hall–Kier alpha value is -2.71. The summed E-state index contributed by atoms with van der Waals surface area (Å²) in [7, 11) is 3.37. The van der Waals surface area contributed by atoms with Gasteiger partial charge in [0.25, 0.3) is 0 Å². The lowest BCUT2D eigenvalue weighted by Crippen LogP contribution is -2.36. The molecule has 0 bridgehead atoms. The quantitative estimate of drug-likeness (QED) is 0.599. The summed E-state index contributed by atoms with van der Waals surface area (Å²) in [6.45, 7) is 5.78. The smallest absolute Gasteiger partial charge is 0.416 e. The van der Waals surface area contributed by atoms with Gasteiger partial charge < -0.3 is 15.4 Å². The van der Waals surface area contributed by atoms with Gasteiger partial charge in [-0.05, 0) is 38.5 Å². The number of aromatic nitrogens is 2. The minimum absolute atomic E-state index is 0.0304. The van der Waals surface area contributed by atoms with Crippen LogP contribution in [0.2, 0.25) is 0 Å². The molecule has 6 nitrogen and oxygen atoms in total. The minimum Gasteiger partial charge on any atom is -0.488 e. The first-order valence-corrected chi connectivity index (χ1v) is 8.79. The Morgan fingerprint density at radius 1 is 1.18 bits per heavy atom. The molecular weight excluding hydrogens is 371 g/mol. The first kappa shape index (κ1) is 21.6. The number of guanidine groups is 1. The zero-order valence-corrected chi connectivity index (χ0v) is 16.7. The summed E-state index contributed by atoms with van der Waals surface area (Å²) in [5.41, 5.74) is -0.270. The van der Waals surface area contributed by atoms with Crippen LogP contribution in [0.1, 0.15) is 37.5 Å². The Labute approximate surface area is 162 Å². The summed E-state index contributed by atoms with van der Waals surface area (Å²) >= 11 is 0. The fourth-order valence-electron chi connectivity index (χ4n) is 2.54. The summed E-state index contributed by atoms with van der Waals surface area (Å²) in [4.78, 5) is 4.04.